The van der Waals surface area contributed by atoms with Crippen molar-refractivity contribution in [1.29, 1.82) is 0 Å². The highest BCUT2D eigenvalue weighted by atomic mass is 32.2. The number of carbonyl (C=O) groups is 2. The molecule has 2 aromatic carbocycles. The first kappa shape index (κ1) is 13.4. The average Bonchev–Trinajstić information content (AvgIpc) is 2.99. The standard InChI is InChI=1S/C17H14N2O2S/c1-11-5-4-6-12(9-11)19-16(21)22-10-17(19)13-7-2-3-8-14(13)18-15(17)20/h2-9H,10H2,1H3,(H,18,20)/t17-/m1/s1. The topological polar surface area (TPSA) is 49.4 Å². The summed E-state index contributed by atoms with van der Waals surface area (Å²) in [5.74, 6) is 0.302. The fourth-order valence-corrected chi connectivity index (χ4v) is 4.35. The van der Waals surface area contributed by atoms with Gasteiger partial charge < -0.3 is 5.32 Å². The number of hydrogen-bond donors (Lipinski definition) is 1. The van der Waals surface area contributed by atoms with Crippen LogP contribution in [0.15, 0.2) is 48.5 Å². The highest BCUT2D eigenvalue weighted by Gasteiger charge is 2.57. The summed E-state index contributed by atoms with van der Waals surface area (Å²) in [5, 5.41) is 2.83. The maximum atomic E-state index is 12.8. The zero-order valence-corrected chi connectivity index (χ0v) is 12.8. The summed E-state index contributed by atoms with van der Waals surface area (Å²) in [4.78, 5) is 26.9. The minimum atomic E-state index is -0.938. The van der Waals surface area contributed by atoms with Crippen LogP contribution in [0.4, 0.5) is 16.2 Å². The molecule has 4 rings (SSSR count). The molecule has 22 heavy (non-hydrogen) atoms. The Labute approximate surface area is 132 Å². The van der Waals surface area contributed by atoms with Gasteiger partial charge in [-0.05, 0) is 30.7 Å². The third kappa shape index (κ3) is 1.66. The van der Waals surface area contributed by atoms with Gasteiger partial charge >= 0.3 is 0 Å². The van der Waals surface area contributed by atoms with E-state index in [-0.39, 0.29) is 11.1 Å². The minimum absolute atomic E-state index is 0.0857. The molecule has 0 unspecified atom stereocenters. The van der Waals surface area contributed by atoms with Crippen LogP contribution in [0, 0.1) is 6.92 Å². The molecular weight excluding hydrogens is 296 g/mol. The van der Waals surface area contributed by atoms with Gasteiger partial charge in [-0.25, -0.2) is 0 Å². The number of aryl methyl sites for hydroxylation is 1. The molecule has 2 aromatic rings. The Morgan fingerprint density at radius 1 is 1.14 bits per heavy atom. The number of para-hydroxylation sites is 1. The van der Waals surface area contributed by atoms with Gasteiger partial charge in [-0.3, -0.25) is 14.5 Å². The lowest BCUT2D eigenvalue weighted by molar-refractivity contribution is -0.119. The van der Waals surface area contributed by atoms with Crippen molar-refractivity contribution < 1.29 is 9.59 Å². The molecule has 4 nitrogen and oxygen atoms in total. The number of anilines is 2. The molecule has 0 radical (unpaired) electrons. The van der Waals surface area contributed by atoms with Crippen LogP contribution in [0.2, 0.25) is 0 Å². The number of thioether (sulfide) groups is 1. The van der Waals surface area contributed by atoms with Gasteiger partial charge in [0.1, 0.15) is 0 Å². The predicted octanol–water partition coefficient (Wildman–Crippen LogP) is 3.52. The third-order valence-corrected chi connectivity index (χ3v) is 5.22. The van der Waals surface area contributed by atoms with Crippen molar-refractivity contribution >= 4 is 34.3 Å². The molecule has 1 fully saturated rings. The second-order valence-electron chi connectivity index (χ2n) is 5.59. The van der Waals surface area contributed by atoms with Crippen molar-refractivity contribution in [2.75, 3.05) is 16.0 Å². The lowest BCUT2D eigenvalue weighted by atomic mass is 9.91. The fraction of sp³-hybridized carbons (Fsp3) is 0.176. The highest BCUT2D eigenvalue weighted by Crippen LogP contribution is 2.49. The van der Waals surface area contributed by atoms with E-state index in [1.165, 1.54) is 11.8 Å². The molecular formula is C17H14N2O2S. The summed E-state index contributed by atoms with van der Waals surface area (Å²) in [6.07, 6.45) is 0. The lowest BCUT2D eigenvalue weighted by Crippen LogP contribution is -2.50. The van der Waals surface area contributed by atoms with E-state index in [0.717, 1.165) is 22.5 Å². The number of rotatable bonds is 1. The van der Waals surface area contributed by atoms with Crippen LogP contribution in [0.5, 0.6) is 0 Å². The minimum Gasteiger partial charge on any atom is -0.323 e. The first-order valence-corrected chi connectivity index (χ1v) is 8.06. The summed E-state index contributed by atoms with van der Waals surface area (Å²) in [6.45, 7) is 1.98. The van der Waals surface area contributed by atoms with Crippen LogP contribution >= 0.6 is 11.8 Å². The Morgan fingerprint density at radius 2 is 1.95 bits per heavy atom. The van der Waals surface area contributed by atoms with Crippen LogP contribution < -0.4 is 10.2 Å². The summed E-state index contributed by atoms with van der Waals surface area (Å²) in [6, 6.07) is 15.3. The van der Waals surface area contributed by atoms with Gasteiger partial charge in [0.25, 0.3) is 11.1 Å². The number of fused-ring (bicyclic) bond motifs is 2. The van der Waals surface area contributed by atoms with Crippen molar-refractivity contribution in [2.24, 2.45) is 0 Å². The molecule has 1 atom stereocenters. The first-order chi connectivity index (χ1) is 10.6. The number of amides is 2. The third-order valence-electron chi connectivity index (χ3n) is 4.23. The molecule has 0 bridgehead atoms. The monoisotopic (exact) mass is 310 g/mol. The van der Waals surface area contributed by atoms with E-state index in [0.29, 0.717) is 5.75 Å². The maximum Gasteiger partial charge on any atom is 0.287 e. The normalized spacial score (nSPS) is 23.0. The molecule has 2 aliphatic rings. The Balaban J connectivity index is 1.94. The second kappa shape index (κ2) is 4.61. The molecule has 1 N–H and O–H groups in total. The van der Waals surface area contributed by atoms with Gasteiger partial charge in [0.2, 0.25) is 0 Å². The van der Waals surface area contributed by atoms with Crippen molar-refractivity contribution in [3.63, 3.8) is 0 Å². The van der Waals surface area contributed by atoms with Crippen LogP contribution in [-0.2, 0) is 10.3 Å². The van der Waals surface area contributed by atoms with Gasteiger partial charge in [0, 0.05) is 22.7 Å². The average molecular weight is 310 g/mol. The van der Waals surface area contributed by atoms with Crippen molar-refractivity contribution in [2.45, 2.75) is 12.5 Å². The van der Waals surface area contributed by atoms with E-state index in [9.17, 15) is 9.59 Å². The van der Waals surface area contributed by atoms with Crippen LogP contribution in [0.1, 0.15) is 11.1 Å². The molecule has 110 valence electrons. The van der Waals surface area contributed by atoms with Gasteiger partial charge in [-0.2, -0.15) is 0 Å². The van der Waals surface area contributed by atoms with Crippen LogP contribution in [0.3, 0.4) is 0 Å². The fourth-order valence-electron chi connectivity index (χ4n) is 3.21. The van der Waals surface area contributed by atoms with E-state index < -0.39 is 5.54 Å². The quantitative estimate of drug-likeness (QED) is 0.877. The second-order valence-corrected chi connectivity index (χ2v) is 6.52. The van der Waals surface area contributed by atoms with E-state index in [1.54, 1.807) is 4.90 Å². The first-order valence-electron chi connectivity index (χ1n) is 7.07. The molecule has 2 heterocycles. The number of nitrogens with zero attached hydrogens (tertiary/aromatic N) is 1. The van der Waals surface area contributed by atoms with E-state index in [4.69, 9.17) is 0 Å². The number of carbonyl (C=O) groups excluding carboxylic acids is 2. The zero-order valence-electron chi connectivity index (χ0n) is 12.0. The Hall–Kier alpha value is -2.27. The van der Waals surface area contributed by atoms with E-state index in [1.807, 2.05) is 55.5 Å². The molecule has 2 aliphatic heterocycles. The zero-order chi connectivity index (χ0) is 15.3. The van der Waals surface area contributed by atoms with E-state index in [2.05, 4.69) is 5.32 Å². The lowest BCUT2D eigenvalue weighted by Gasteiger charge is -2.32. The Kier molecular flexibility index (Phi) is 2.81. The summed E-state index contributed by atoms with van der Waals surface area (Å²) >= 11 is 1.20. The van der Waals surface area contributed by atoms with Crippen LogP contribution in [-0.4, -0.2) is 16.9 Å². The molecule has 0 aromatic heterocycles. The van der Waals surface area contributed by atoms with Crippen molar-refractivity contribution in [3.05, 3.63) is 59.7 Å². The highest BCUT2D eigenvalue weighted by molar-refractivity contribution is 8.14. The largest absolute Gasteiger partial charge is 0.323 e. The molecule has 0 saturated carbocycles. The summed E-state index contributed by atoms with van der Waals surface area (Å²) in [5.41, 5.74) is 2.55. The predicted molar refractivity (Wildman–Crippen MR) is 88.3 cm³/mol. The van der Waals surface area contributed by atoms with Gasteiger partial charge in [-0.1, -0.05) is 42.1 Å². The molecule has 5 heteroatoms. The van der Waals surface area contributed by atoms with Crippen LogP contribution in [0.25, 0.3) is 0 Å². The van der Waals surface area contributed by atoms with Gasteiger partial charge in [0.15, 0.2) is 5.54 Å². The molecule has 0 aliphatic carbocycles. The van der Waals surface area contributed by atoms with E-state index >= 15 is 0 Å². The molecule has 1 spiro atoms. The number of nitrogens with one attached hydrogen (secondary N) is 1. The van der Waals surface area contributed by atoms with Crippen molar-refractivity contribution in [3.8, 4) is 0 Å². The molecule has 2 amide bonds. The smallest absolute Gasteiger partial charge is 0.287 e. The van der Waals surface area contributed by atoms with Gasteiger partial charge in [0.05, 0.1) is 0 Å². The maximum absolute atomic E-state index is 12.8. The number of benzene rings is 2. The van der Waals surface area contributed by atoms with Gasteiger partial charge in [-0.15, -0.1) is 0 Å². The Bertz CT molecular complexity index is 805. The summed E-state index contributed by atoms with van der Waals surface area (Å²) in [7, 11) is 0. The molecule has 1 saturated heterocycles. The summed E-state index contributed by atoms with van der Waals surface area (Å²) < 4.78 is 0. The SMILES string of the molecule is Cc1cccc(N2C(=O)SC[C@@]23C(=O)Nc2ccccc23)c1. The Morgan fingerprint density at radius 3 is 2.77 bits per heavy atom. The van der Waals surface area contributed by atoms with Crippen molar-refractivity contribution in [1.82, 2.24) is 0 Å². The number of hydrogen-bond acceptors (Lipinski definition) is 3.